The Balaban J connectivity index is 1.13. The van der Waals surface area contributed by atoms with Gasteiger partial charge in [-0.2, -0.15) is 10.5 Å². The first-order valence-corrected chi connectivity index (χ1v) is 41.1. The first-order chi connectivity index (χ1) is 65.5. The number of aromatic hydroxyl groups is 4. The van der Waals surface area contributed by atoms with Crippen molar-refractivity contribution in [2.75, 3.05) is 13.1 Å². The maximum Gasteiger partial charge on any atom is 0.337 e. The number of nitriles is 2. The summed E-state index contributed by atoms with van der Waals surface area (Å²) in [5.41, 5.74) is -20.5. The van der Waals surface area contributed by atoms with Crippen molar-refractivity contribution in [1.29, 1.82) is 10.5 Å². The molecular formula is C90H80N20O28. The van der Waals surface area contributed by atoms with Gasteiger partial charge in [0.05, 0.1) is 79.9 Å². The fraction of sp³-hybridized carbons (Fsp3) is 0.244. The summed E-state index contributed by atoms with van der Waals surface area (Å²) in [6.07, 6.45) is -0.683. The minimum atomic E-state index is -1.84. The Labute approximate surface area is 776 Å². The van der Waals surface area contributed by atoms with Crippen molar-refractivity contribution in [3.05, 3.63) is 256 Å². The normalized spacial score (nSPS) is 11.3. The van der Waals surface area contributed by atoms with Crippen molar-refractivity contribution in [3.8, 4) is 35.7 Å². The van der Waals surface area contributed by atoms with Crippen LogP contribution in [0, 0.1) is 63.5 Å². The molecule has 16 N–H and O–H groups in total. The first-order valence-electron chi connectivity index (χ1n) is 41.1. The van der Waals surface area contributed by atoms with Crippen LogP contribution in [0.3, 0.4) is 0 Å². The Morgan fingerprint density at radius 3 is 1.09 bits per heavy atom. The fourth-order valence-corrected chi connectivity index (χ4v) is 14.0. The lowest BCUT2D eigenvalue weighted by molar-refractivity contribution is 0.0682. The number of benzene rings is 5. The zero-order chi connectivity index (χ0) is 102. The van der Waals surface area contributed by atoms with Gasteiger partial charge in [-0.1, -0.05) is 52.0 Å². The number of carboxylic acid groups (broad SMARTS) is 8. The van der Waals surface area contributed by atoms with E-state index in [0.29, 0.717) is 29.5 Å². The van der Waals surface area contributed by atoms with Crippen LogP contribution in [0.5, 0.6) is 23.5 Å². The summed E-state index contributed by atoms with van der Waals surface area (Å²) in [5, 5.41) is 187. The Morgan fingerprint density at radius 2 is 0.725 bits per heavy atom. The molecule has 0 aliphatic heterocycles. The van der Waals surface area contributed by atoms with Gasteiger partial charge < -0.3 is 82.5 Å². The number of amides is 4. The molecule has 0 aliphatic rings. The second kappa shape index (κ2) is 45.1. The average Bonchev–Trinajstić information content (AvgIpc) is 0.730. The maximum atomic E-state index is 15.8. The highest BCUT2D eigenvalue weighted by Crippen LogP contribution is 2.42. The number of azo groups is 4. The van der Waals surface area contributed by atoms with E-state index in [1.165, 1.54) is 13.8 Å². The highest BCUT2D eigenvalue weighted by molar-refractivity contribution is 6.15. The molecule has 0 aliphatic carbocycles. The zero-order valence-corrected chi connectivity index (χ0v) is 73.2. The smallest absolute Gasteiger partial charge is 0.337 e. The van der Waals surface area contributed by atoms with E-state index in [1.807, 2.05) is 0 Å². The predicted molar refractivity (Wildman–Crippen MR) is 480 cm³/mol. The average molecular weight is 1890 g/mol. The molecule has 0 fully saturated rings. The minimum absolute atomic E-state index is 0.00446. The molecule has 0 saturated carbocycles. The third-order valence-corrected chi connectivity index (χ3v) is 21.3. The van der Waals surface area contributed by atoms with Gasteiger partial charge in [0.1, 0.15) is 69.4 Å². The molecule has 0 bridgehead atoms. The number of hydrogen-bond acceptors (Lipinski definition) is 30. The van der Waals surface area contributed by atoms with Gasteiger partial charge in [-0.3, -0.25) is 52.1 Å². The second-order valence-corrected chi connectivity index (χ2v) is 30.2. The Morgan fingerprint density at radius 1 is 0.391 bits per heavy atom. The molecule has 1 atom stereocenters. The van der Waals surface area contributed by atoms with Crippen LogP contribution >= 0.6 is 0 Å². The number of carbonyl (C=O) groups excluding carboxylic acids is 4. The highest BCUT2D eigenvalue weighted by Gasteiger charge is 2.34. The second-order valence-electron chi connectivity index (χ2n) is 30.2. The van der Waals surface area contributed by atoms with Crippen molar-refractivity contribution in [2.45, 2.75) is 131 Å². The number of unbranched alkanes of at least 4 members (excludes halogenated alkanes) is 8. The van der Waals surface area contributed by atoms with Crippen molar-refractivity contribution < 1.29 is 119 Å². The summed E-state index contributed by atoms with van der Waals surface area (Å²) in [6, 6.07) is 15.6. The largest absolute Gasteiger partial charge is 0.493 e. The van der Waals surface area contributed by atoms with Crippen molar-refractivity contribution >= 4 is 134 Å². The molecule has 0 radical (unpaired) electrons. The fourth-order valence-electron chi connectivity index (χ4n) is 14.0. The third kappa shape index (κ3) is 22.9. The van der Waals surface area contributed by atoms with E-state index < -0.39 is 264 Å². The van der Waals surface area contributed by atoms with Crippen LogP contribution in [0.1, 0.15) is 248 Å². The van der Waals surface area contributed by atoms with Gasteiger partial charge in [0.25, 0.3) is 57.2 Å². The van der Waals surface area contributed by atoms with Crippen LogP contribution in [0.25, 0.3) is 15.5 Å². The molecule has 708 valence electrons. The van der Waals surface area contributed by atoms with E-state index in [0.717, 1.165) is 95.8 Å². The number of hydrogen-bond donors (Lipinski definition) is 16. The van der Waals surface area contributed by atoms with Crippen LogP contribution in [0.2, 0.25) is 0 Å². The standard InChI is InChI=1S/C90H80N20O28/c1-9-10-15-20-64(110-80(120)66(94-8)44(5)70(82(110)122)106-102-63-36-49(86(129)130)24-28-53(63)90(137)138)98-74(114)57-38-54(71(111)95-29-16-11-13-18-31-107-75(115)58(39-91)41(2)67(78(107)118)103-99-60-33-46(83(123)124)21-25-50(60)87(131)132)56(73(113)97-45(6)109-76(116)59(40-92)42(3)68(81(109)121)104-100-61-34-47(84(125)126)22-26-51(61)88(133)134)37-55(57)72(112)96-30-17-12-14-19-32-108-77(117)65(93-7)43(4)69(79(108)119)105-101-62-35-48(85(127)128)23-27-52(62)89(135)136/h21-28,33-38,64,118-119,121-122H,6,9-20,29-32H2,1-5H3,(H,95,111)(H,96,112)(H,97,113)(H,98,114)(H,123,124)(H,125,126)(H,127,128)(H,129,130)(H,131,132)(H,133,134)(H,135,136)(H,137,138). The number of carbonyl (C=O) groups is 12. The van der Waals surface area contributed by atoms with Crippen LogP contribution < -0.4 is 43.5 Å². The summed E-state index contributed by atoms with van der Waals surface area (Å²) in [4.78, 5) is 221. The summed E-state index contributed by atoms with van der Waals surface area (Å²) in [7, 11) is 0. The molecule has 1 unspecified atom stereocenters. The van der Waals surface area contributed by atoms with Crippen LogP contribution in [0.15, 0.2) is 152 Å². The Bertz CT molecular complexity index is 7230. The molecule has 48 heteroatoms. The molecule has 4 amide bonds. The lowest BCUT2D eigenvalue weighted by Crippen LogP contribution is -2.39. The van der Waals surface area contributed by atoms with Crippen LogP contribution in [-0.2, 0) is 13.1 Å². The van der Waals surface area contributed by atoms with Crippen LogP contribution in [0.4, 0.5) is 56.9 Å². The molecule has 9 rings (SSSR count). The topological polar surface area (TPSA) is 739 Å². The van der Waals surface area contributed by atoms with Gasteiger partial charge in [0.2, 0.25) is 23.5 Å². The molecule has 9 aromatic rings. The van der Waals surface area contributed by atoms with Crippen molar-refractivity contribution in [1.82, 2.24) is 39.5 Å². The molecule has 5 aromatic carbocycles. The molecule has 138 heavy (non-hydrogen) atoms. The van der Waals surface area contributed by atoms with Gasteiger partial charge >= 0.3 is 47.8 Å². The van der Waals surface area contributed by atoms with E-state index in [1.54, 1.807) is 19.1 Å². The van der Waals surface area contributed by atoms with Gasteiger partial charge in [-0.25, -0.2) is 52.6 Å². The minimum Gasteiger partial charge on any atom is -0.493 e. The SMILES string of the molecule is [C-]#[N+]c1c(C)c(N=Nc2cc(C(=O)O)ccc2C(=O)O)c(O)n(CCCCCCNC(=O)c2cc(C(=O)NC(=C)n3c(O)c(N=Nc4cc(C(=O)O)ccc4C(=O)O)c(C)c(C#N)c3=O)c(C(=O)NCCCCCCn3c(O)c(N=Nc4cc(C(=O)O)ccc4C(=O)O)c(C)c(C#N)c3=O)cc2C(=O)NC(CCCCC)n2c(O)c(N=Nc3cc(C(=O)O)ccc3C(=O)O)c(C)c([N+]#[C-])c2=O)c1=O. The van der Waals surface area contributed by atoms with E-state index in [9.17, 15) is 129 Å². The van der Waals surface area contributed by atoms with E-state index >= 15 is 19.2 Å². The predicted octanol–water partition coefficient (Wildman–Crippen LogP) is 13.8. The number of carboxylic acids is 8. The van der Waals surface area contributed by atoms with E-state index in [2.05, 4.69) is 78.5 Å². The highest BCUT2D eigenvalue weighted by atomic mass is 16.4. The van der Waals surface area contributed by atoms with Gasteiger partial charge in [-0.15, -0.1) is 40.9 Å². The lowest BCUT2D eigenvalue weighted by atomic mass is 9.95. The molecule has 4 heterocycles. The monoisotopic (exact) mass is 1890 g/mol. The number of nitrogens with zero attached hydrogens (tertiary/aromatic N) is 16. The van der Waals surface area contributed by atoms with Crippen molar-refractivity contribution in [3.63, 3.8) is 0 Å². The summed E-state index contributed by atoms with van der Waals surface area (Å²) in [6.45, 7) is 24.8. The van der Waals surface area contributed by atoms with Crippen molar-refractivity contribution in [2.24, 2.45) is 40.9 Å². The van der Waals surface area contributed by atoms with Crippen LogP contribution in [-0.4, -0.2) is 164 Å². The van der Waals surface area contributed by atoms with Gasteiger partial charge in [-0.05, 0) is 162 Å². The van der Waals surface area contributed by atoms with Gasteiger partial charge in [0.15, 0.2) is 11.4 Å². The zero-order valence-electron chi connectivity index (χ0n) is 73.2. The molecular weight excluding hydrogens is 1810 g/mol. The number of rotatable bonds is 42. The van der Waals surface area contributed by atoms with E-state index in [-0.39, 0.29) is 117 Å². The third-order valence-electron chi connectivity index (χ3n) is 21.3. The first kappa shape index (κ1) is 103. The number of nitrogens with one attached hydrogen (secondary N) is 4. The Hall–Kier alpha value is -19.2. The summed E-state index contributed by atoms with van der Waals surface area (Å²) < 4.78 is 2.25. The maximum absolute atomic E-state index is 15.8. The summed E-state index contributed by atoms with van der Waals surface area (Å²) in [5.74, 6) is -22.9. The Kier molecular flexibility index (Phi) is 33.5. The lowest BCUT2D eigenvalue weighted by Gasteiger charge is -2.25. The van der Waals surface area contributed by atoms with E-state index in [4.69, 9.17) is 13.1 Å². The number of pyridine rings is 4. The quantitative estimate of drug-likeness (QED) is 0.00960. The molecule has 4 aromatic heterocycles. The molecule has 48 nitrogen and oxygen atoms in total. The molecule has 0 spiro atoms. The summed E-state index contributed by atoms with van der Waals surface area (Å²) >= 11 is 0. The molecule has 0 saturated heterocycles. The number of aromatic carboxylic acids is 8. The number of aromatic nitrogens is 4. The van der Waals surface area contributed by atoms with Gasteiger partial charge in [0, 0.05) is 37.3 Å².